The largest absolute Gasteiger partial charge is 0.496 e. The number of piperidine rings is 1. The fourth-order valence-electron chi connectivity index (χ4n) is 4.74. The smallest absolute Gasteiger partial charge is 0.254 e. The van der Waals surface area contributed by atoms with Crippen molar-refractivity contribution in [2.24, 2.45) is 5.92 Å². The highest BCUT2D eigenvalue weighted by molar-refractivity contribution is 6.08. The summed E-state index contributed by atoms with van der Waals surface area (Å²) in [4.78, 5) is 41.9. The van der Waals surface area contributed by atoms with Gasteiger partial charge in [-0.05, 0) is 43.2 Å². The molecule has 2 aromatic carbocycles. The quantitative estimate of drug-likeness (QED) is 0.754. The van der Waals surface area contributed by atoms with Gasteiger partial charge in [-0.15, -0.1) is 0 Å². The first-order valence-corrected chi connectivity index (χ1v) is 11.5. The molecule has 0 unspecified atom stereocenters. The van der Waals surface area contributed by atoms with E-state index in [-0.39, 0.29) is 23.6 Å². The highest BCUT2D eigenvalue weighted by Gasteiger charge is 2.30. The molecule has 0 spiro atoms. The van der Waals surface area contributed by atoms with Gasteiger partial charge in [0.15, 0.2) is 0 Å². The number of nitrogens with zero attached hydrogens (tertiary/aromatic N) is 2. The molecular weight excluding hydrogens is 406 g/mol. The van der Waals surface area contributed by atoms with Crippen LogP contribution in [0.3, 0.4) is 0 Å². The van der Waals surface area contributed by atoms with Crippen LogP contribution in [-0.4, -0.2) is 67.4 Å². The van der Waals surface area contributed by atoms with Crippen LogP contribution in [-0.2, 0) is 9.59 Å². The maximum Gasteiger partial charge on any atom is 0.254 e. The average Bonchev–Trinajstić information content (AvgIpc) is 3.38. The van der Waals surface area contributed by atoms with Crippen LogP contribution in [0.4, 0.5) is 0 Å². The van der Waals surface area contributed by atoms with Gasteiger partial charge in [0.25, 0.3) is 5.91 Å². The lowest BCUT2D eigenvalue weighted by Gasteiger charge is -2.32. The molecule has 170 valence electrons. The summed E-state index contributed by atoms with van der Waals surface area (Å²) in [6.45, 7) is 3.03. The van der Waals surface area contributed by atoms with Crippen molar-refractivity contribution >= 4 is 28.5 Å². The summed E-state index contributed by atoms with van der Waals surface area (Å²) in [6.07, 6.45) is 3.99. The number of nitrogens with one attached hydrogen (secondary N) is 1. The number of rotatable bonds is 6. The number of fused-ring (bicyclic) bond motifs is 1. The highest BCUT2D eigenvalue weighted by Crippen LogP contribution is 2.30. The molecule has 1 N–H and O–H groups in total. The molecule has 1 atom stereocenters. The molecule has 3 amide bonds. The van der Waals surface area contributed by atoms with Crippen LogP contribution < -0.4 is 10.1 Å². The molecule has 0 aromatic heterocycles. The highest BCUT2D eigenvalue weighted by atomic mass is 16.5. The van der Waals surface area contributed by atoms with Crippen molar-refractivity contribution in [3.63, 3.8) is 0 Å². The van der Waals surface area contributed by atoms with Gasteiger partial charge in [0.05, 0.1) is 13.0 Å². The number of hydrogen-bond acceptors (Lipinski definition) is 4. The maximum absolute atomic E-state index is 13.3. The van der Waals surface area contributed by atoms with E-state index in [1.807, 2.05) is 35.2 Å². The monoisotopic (exact) mass is 437 g/mol. The normalized spacial score (nSPS) is 18.6. The molecule has 2 aromatic rings. The van der Waals surface area contributed by atoms with Gasteiger partial charge in [0, 0.05) is 50.1 Å². The van der Waals surface area contributed by atoms with E-state index in [1.54, 1.807) is 18.1 Å². The number of benzene rings is 2. The minimum atomic E-state index is -0.251. The third-order valence-corrected chi connectivity index (χ3v) is 6.51. The van der Waals surface area contributed by atoms with Crippen molar-refractivity contribution in [2.75, 3.05) is 39.8 Å². The Kier molecular flexibility index (Phi) is 6.93. The second kappa shape index (κ2) is 10.0. The second-order valence-corrected chi connectivity index (χ2v) is 8.58. The number of carbonyl (C=O) groups excluding carboxylic acids is 3. The van der Waals surface area contributed by atoms with Crippen LogP contribution in [0.2, 0.25) is 0 Å². The molecule has 0 radical (unpaired) electrons. The van der Waals surface area contributed by atoms with Crippen LogP contribution in [0, 0.1) is 5.92 Å². The molecule has 0 aliphatic carbocycles. The summed E-state index contributed by atoms with van der Waals surface area (Å²) in [6, 6.07) is 11.3. The Hall–Kier alpha value is -3.09. The molecular formula is C25H31N3O4. The van der Waals surface area contributed by atoms with Gasteiger partial charge in [0.2, 0.25) is 11.8 Å². The van der Waals surface area contributed by atoms with Gasteiger partial charge < -0.3 is 19.9 Å². The van der Waals surface area contributed by atoms with Gasteiger partial charge in [-0.1, -0.05) is 24.3 Å². The standard InChI is InChI=1S/C25H31N3O4/c1-32-22-11-10-21(19-8-2-3-9-20(19)22)25(31)28-16-6-7-18(17-28)24(30)26-13-12-23(29)27-14-4-5-15-27/h2-3,8-11,18H,4-7,12-17H2,1H3,(H,26,30)/t18-/m0/s1. The summed E-state index contributed by atoms with van der Waals surface area (Å²) < 4.78 is 5.44. The number of carbonyl (C=O) groups is 3. The predicted octanol–water partition coefficient (Wildman–Crippen LogP) is 2.83. The van der Waals surface area contributed by atoms with Gasteiger partial charge in [-0.3, -0.25) is 14.4 Å². The van der Waals surface area contributed by atoms with Crippen LogP contribution in [0.15, 0.2) is 36.4 Å². The van der Waals surface area contributed by atoms with Gasteiger partial charge in [-0.2, -0.15) is 0 Å². The molecule has 2 heterocycles. The fraction of sp³-hybridized carbons (Fsp3) is 0.480. The molecule has 2 aliphatic heterocycles. The van der Waals surface area contributed by atoms with Crippen LogP contribution in [0.5, 0.6) is 5.75 Å². The van der Waals surface area contributed by atoms with Crippen molar-refractivity contribution in [1.82, 2.24) is 15.1 Å². The first-order chi connectivity index (χ1) is 15.6. The minimum absolute atomic E-state index is 0.0643. The van der Waals surface area contributed by atoms with Gasteiger partial charge in [0.1, 0.15) is 5.75 Å². The fourth-order valence-corrected chi connectivity index (χ4v) is 4.74. The third kappa shape index (κ3) is 4.71. The minimum Gasteiger partial charge on any atom is -0.496 e. The van der Waals surface area contributed by atoms with Crippen molar-refractivity contribution in [3.05, 3.63) is 42.0 Å². The van der Waals surface area contributed by atoms with E-state index in [1.165, 1.54) is 0 Å². The Labute approximate surface area is 188 Å². The maximum atomic E-state index is 13.3. The molecule has 7 nitrogen and oxygen atoms in total. The van der Waals surface area contributed by atoms with Crippen LogP contribution in [0.1, 0.15) is 42.5 Å². The van der Waals surface area contributed by atoms with Crippen molar-refractivity contribution in [2.45, 2.75) is 32.1 Å². The molecule has 0 saturated carbocycles. The zero-order chi connectivity index (χ0) is 22.5. The molecule has 4 rings (SSSR count). The summed E-state index contributed by atoms with van der Waals surface area (Å²) in [5.41, 5.74) is 0.624. The van der Waals surface area contributed by atoms with E-state index in [0.29, 0.717) is 31.6 Å². The second-order valence-electron chi connectivity index (χ2n) is 8.58. The van der Waals surface area contributed by atoms with E-state index in [0.717, 1.165) is 55.3 Å². The molecule has 2 aliphatic rings. The number of hydrogen-bond donors (Lipinski definition) is 1. The Bertz CT molecular complexity index is 1000. The Morgan fingerprint density at radius 1 is 0.969 bits per heavy atom. The predicted molar refractivity (Wildman–Crippen MR) is 123 cm³/mol. The lowest BCUT2D eigenvalue weighted by molar-refractivity contribution is -0.130. The van der Waals surface area contributed by atoms with E-state index in [9.17, 15) is 14.4 Å². The number of likely N-dealkylation sites (tertiary alicyclic amines) is 2. The molecule has 2 saturated heterocycles. The molecule has 32 heavy (non-hydrogen) atoms. The van der Waals surface area contributed by atoms with Gasteiger partial charge in [-0.25, -0.2) is 0 Å². The zero-order valence-electron chi connectivity index (χ0n) is 18.6. The number of amides is 3. The van der Waals surface area contributed by atoms with E-state index in [2.05, 4.69) is 5.32 Å². The number of methoxy groups -OCH3 is 1. The number of ether oxygens (including phenoxy) is 1. The molecule has 0 bridgehead atoms. The summed E-state index contributed by atoms with van der Waals surface area (Å²) in [5.74, 6) is 0.451. The lowest BCUT2D eigenvalue weighted by Crippen LogP contribution is -2.46. The zero-order valence-corrected chi connectivity index (χ0v) is 18.6. The summed E-state index contributed by atoms with van der Waals surface area (Å²) in [5, 5.41) is 4.66. The van der Waals surface area contributed by atoms with Crippen molar-refractivity contribution in [3.8, 4) is 5.75 Å². The topological polar surface area (TPSA) is 79.0 Å². The van der Waals surface area contributed by atoms with E-state index < -0.39 is 0 Å². The first-order valence-electron chi connectivity index (χ1n) is 11.5. The Morgan fingerprint density at radius 2 is 1.69 bits per heavy atom. The summed E-state index contributed by atoms with van der Waals surface area (Å²) in [7, 11) is 1.62. The summed E-state index contributed by atoms with van der Waals surface area (Å²) >= 11 is 0. The lowest BCUT2D eigenvalue weighted by atomic mass is 9.95. The van der Waals surface area contributed by atoms with Crippen molar-refractivity contribution in [1.29, 1.82) is 0 Å². The Balaban J connectivity index is 1.37. The average molecular weight is 438 g/mol. The van der Waals surface area contributed by atoms with E-state index in [4.69, 9.17) is 4.74 Å². The van der Waals surface area contributed by atoms with Crippen molar-refractivity contribution < 1.29 is 19.1 Å². The molecule has 7 heteroatoms. The third-order valence-electron chi connectivity index (χ3n) is 6.51. The van der Waals surface area contributed by atoms with Crippen LogP contribution >= 0.6 is 0 Å². The Morgan fingerprint density at radius 3 is 2.44 bits per heavy atom. The van der Waals surface area contributed by atoms with E-state index >= 15 is 0 Å². The van der Waals surface area contributed by atoms with Crippen LogP contribution in [0.25, 0.3) is 10.8 Å². The molecule has 2 fully saturated rings. The first kappa shape index (κ1) is 22.1. The SMILES string of the molecule is COc1ccc(C(=O)N2CCC[C@H](C(=O)NCCC(=O)N3CCCC3)C2)c2ccccc12. The van der Waals surface area contributed by atoms with Gasteiger partial charge >= 0.3 is 0 Å².